The third kappa shape index (κ3) is 6.46. The second kappa shape index (κ2) is 9.98. The van der Waals surface area contributed by atoms with Crippen molar-refractivity contribution in [2.45, 2.75) is 45.8 Å². The molecule has 1 aromatic carbocycles. The fourth-order valence-electron chi connectivity index (χ4n) is 2.04. The molecule has 0 aromatic heterocycles. The maximum absolute atomic E-state index is 12.3. The summed E-state index contributed by atoms with van der Waals surface area (Å²) in [5, 5.41) is 12.2. The molecule has 5 heteroatoms. The number of carbonyl (C=O) groups is 1. The lowest BCUT2D eigenvalue weighted by Crippen LogP contribution is -2.37. The van der Waals surface area contributed by atoms with Crippen molar-refractivity contribution in [3.8, 4) is 0 Å². The number of aliphatic hydroxyl groups is 1. The minimum absolute atomic E-state index is 0.00880. The molecule has 0 saturated heterocycles. The van der Waals surface area contributed by atoms with Crippen LogP contribution in [0.5, 0.6) is 0 Å². The number of rotatable bonds is 9. The zero-order valence-electron chi connectivity index (χ0n) is 13.5. The second-order valence-corrected chi connectivity index (χ2v) is 6.64. The minimum atomic E-state index is -0.498. The highest BCUT2D eigenvalue weighted by Crippen LogP contribution is 2.25. The third-order valence-electron chi connectivity index (χ3n) is 3.45. The molecule has 4 nitrogen and oxygen atoms in total. The van der Waals surface area contributed by atoms with E-state index in [-0.39, 0.29) is 18.6 Å². The van der Waals surface area contributed by atoms with Gasteiger partial charge in [-0.1, -0.05) is 48.0 Å². The average molecular weight is 372 g/mol. The smallest absolute Gasteiger partial charge is 0.249 e. The molecule has 1 aromatic rings. The van der Waals surface area contributed by atoms with Crippen molar-refractivity contribution in [1.29, 1.82) is 0 Å². The van der Waals surface area contributed by atoms with E-state index in [0.717, 1.165) is 16.5 Å². The summed E-state index contributed by atoms with van der Waals surface area (Å²) >= 11 is 3.49. The molecule has 0 heterocycles. The monoisotopic (exact) mass is 371 g/mol. The van der Waals surface area contributed by atoms with E-state index in [1.807, 2.05) is 24.3 Å². The van der Waals surface area contributed by atoms with Crippen molar-refractivity contribution >= 4 is 21.8 Å². The Kier molecular flexibility index (Phi) is 8.68. The van der Waals surface area contributed by atoms with Gasteiger partial charge in [-0.25, -0.2) is 0 Å². The van der Waals surface area contributed by atoms with Gasteiger partial charge in [0.1, 0.15) is 6.10 Å². The van der Waals surface area contributed by atoms with Gasteiger partial charge in [0.15, 0.2) is 0 Å². The topological polar surface area (TPSA) is 58.6 Å². The molecule has 0 spiro atoms. The van der Waals surface area contributed by atoms with E-state index in [4.69, 9.17) is 4.74 Å². The number of carbonyl (C=O) groups excluding carboxylic acids is 1. The molecule has 124 valence electrons. The average Bonchev–Trinajstić information content (AvgIpc) is 2.46. The van der Waals surface area contributed by atoms with E-state index in [0.29, 0.717) is 18.9 Å². The van der Waals surface area contributed by atoms with E-state index in [2.05, 4.69) is 35.1 Å². The van der Waals surface area contributed by atoms with E-state index in [1.54, 1.807) is 6.92 Å². The molecule has 2 N–H and O–H groups in total. The van der Waals surface area contributed by atoms with Crippen LogP contribution in [0, 0.1) is 5.92 Å². The molecule has 1 rings (SSSR count). The summed E-state index contributed by atoms with van der Waals surface area (Å²) in [4.78, 5) is 12.3. The summed E-state index contributed by atoms with van der Waals surface area (Å²) in [5.74, 6) is 0.399. The lowest BCUT2D eigenvalue weighted by molar-refractivity contribution is -0.132. The Labute approximate surface area is 141 Å². The van der Waals surface area contributed by atoms with Gasteiger partial charge in [-0.2, -0.15) is 0 Å². The lowest BCUT2D eigenvalue weighted by Gasteiger charge is -2.22. The number of ether oxygens (including phenoxy) is 1. The fourth-order valence-corrected chi connectivity index (χ4v) is 2.60. The highest BCUT2D eigenvalue weighted by molar-refractivity contribution is 9.10. The molecular formula is C17H26BrNO3. The van der Waals surface area contributed by atoms with Crippen molar-refractivity contribution < 1.29 is 14.6 Å². The van der Waals surface area contributed by atoms with Gasteiger partial charge in [-0.05, 0) is 37.3 Å². The van der Waals surface area contributed by atoms with Gasteiger partial charge in [-0.3, -0.25) is 4.79 Å². The molecule has 0 aliphatic rings. The highest BCUT2D eigenvalue weighted by Gasteiger charge is 2.20. The van der Waals surface area contributed by atoms with Crippen LogP contribution >= 0.6 is 15.9 Å². The molecular weight excluding hydrogens is 346 g/mol. The van der Waals surface area contributed by atoms with E-state index < -0.39 is 6.10 Å². The summed E-state index contributed by atoms with van der Waals surface area (Å²) in [6.45, 7) is 6.59. The first-order valence-electron chi connectivity index (χ1n) is 7.73. The van der Waals surface area contributed by atoms with Crippen molar-refractivity contribution in [3.05, 3.63) is 34.3 Å². The molecule has 0 fully saturated rings. The molecule has 0 radical (unpaired) electrons. The molecule has 0 bridgehead atoms. The van der Waals surface area contributed by atoms with Gasteiger partial charge in [0, 0.05) is 17.7 Å². The van der Waals surface area contributed by atoms with Crippen LogP contribution in [-0.4, -0.2) is 30.3 Å². The van der Waals surface area contributed by atoms with Crippen LogP contribution in [0.25, 0.3) is 0 Å². The second-order valence-electron chi connectivity index (χ2n) is 5.79. The van der Waals surface area contributed by atoms with Crippen molar-refractivity contribution in [2.75, 3.05) is 13.2 Å². The normalized spacial score (nSPS) is 13.9. The minimum Gasteiger partial charge on any atom is -0.396 e. The summed E-state index contributed by atoms with van der Waals surface area (Å²) < 4.78 is 6.49. The first-order chi connectivity index (χ1) is 10.5. The van der Waals surface area contributed by atoms with Crippen LogP contribution < -0.4 is 5.32 Å². The predicted octanol–water partition coefficient (Wildman–Crippen LogP) is 3.44. The van der Waals surface area contributed by atoms with E-state index in [1.165, 1.54) is 0 Å². The van der Waals surface area contributed by atoms with Crippen LogP contribution in [0.15, 0.2) is 28.7 Å². The predicted molar refractivity (Wildman–Crippen MR) is 91.6 cm³/mol. The van der Waals surface area contributed by atoms with E-state index >= 15 is 0 Å². The molecule has 22 heavy (non-hydrogen) atoms. The number of hydrogen-bond acceptors (Lipinski definition) is 3. The number of hydrogen-bond donors (Lipinski definition) is 2. The third-order valence-corrected chi connectivity index (χ3v) is 4.17. The summed E-state index contributed by atoms with van der Waals surface area (Å²) in [6, 6.07) is 7.47. The SMILES string of the molecule is CC(C)CCO[C@H](C)C(=O)N[C@@H](CCO)c1ccccc1Br. The zero-order chi connectivity index (χ0) is 16.5. The molecule has 0 saturated carbocycles. The zero-order valence-corrected chi connectivity index (χ0v) is 15.1. The van der Waals surface area contributed by atoms with Gasteiger partial charge >= 0.3 is 0 Å². The van der Waals surface area contributed by atoms with Crippen LogP contribution in [-0.2, 0) is 9.53 Å². The van der Waals surface area contributed by atoms with Gasteiger partial charge in [0.2, 0.25) is 5.91 Å². The van der Waals surface area contributed by atoms with Gasteiger partial charge in [-0.15, -0.1) is 0 Å². The molecule has 1 amide bonds. The number of amides is 1. The standard InChI is InChI=1S/C17H26BrNO3/c1-12(2)9-11-22-13(3)17(21)19-16(8-10-20)14-6-4-5-7-15(14)18/h4-7,12-13,16,20H,8-11H2,1-3H3,(H,19,21)/t13-,16+/m1/s1. The first kappa shape index (κ1) is 19.1. The number of aliphatic hydroxyl groups excluding tert-OH is 1. The quantitative estimate of drug-likeness (QED) is 0.698. The Morgan fingerprint density at radius 2 is 1.95 bits per heavy atom. The van der Waals surface area contributed by atoms with Gasteiger partial charge in [0.05, 0.1) is 6.04 Å². The Morgan fingerprint density at radius 3 is 2.55 bits per heavy atom. The molecule has 0 unspecified atom stereocenters. The van der Waals surface area contributed by atoms with E-state index in [9.17, 15) is 9.90 Å². The Balaban J connectivity index is 2.63. The van der Waals surface area contributed by atoms with Crippen LogP contribution in [0.1, 0.15) is 45.2 Å². The van der Waals surface area contributed by atoms with Crippen molar-refractivity contribution in [2.24, 2.45) is 5.92 Å². The highest BCUT2D eigenvalue weighted by atomic mass is 79.9. The van der Waals surface area contributed by atoms with Crippen LogP contribution in [0.2, 0.25) is 0 Å². The first-order valence-corrected chi connectivity index (χ1v) is 8.52. The Bertz CT molecular complexity index is 465. The summed E-state index contributed by atoms with van der Waals surface area (Å²) in [6.07, 6.45) is 0.900. The number of nitrogens with one attached hydrogen (secondary N) is 1. The lowest BCUT2D eigenvalue weighted by atomic mass is 10.0. The van der Waals surface area contributed by atoms with Gasteiger partial charge < -0.3 is 15.2 Å². The van der Waals surface area contributed by atoms with Crippen molar-refractivity contribution in [3.63, 3.8) is 0 Å². The summed E-state index contributed by atoms with van der Waals surface area (Å²) in [7, 11) is 0. The molecule has 0 aliphatic heterocycles. The number of benzene rings is 1. The van der Waals surface area contributed by atoms with Crippen LogP contribution in [0.3, 0.4) is 0 Å². The Hall–Kier alpha value is -0.910. The maximum Gasteiger partial charge on any atom is 0.249 e. The van der Waals surface area contributed by atoms with Crippen LogP contribution in [0.4, 0.5) is 0 Å². The van der Waals surface area contributed by atoms with Gasteiger partial charge in [0.25, 0.3) is 0 Å². The molecule has 2 atom stereocenters. The largest absolute Gasteiger partial charge is 0.396 e. The molecule has 0 aliphatic carbocycles. The van der Waals surface area contributed by atoms with Crippen molar-refractivity contribution in [1.82, 2.24) is 5.32 Å². The summed E-state index contributed by atoms with van der Waals surface area (Å²) in [5.41, 5.74) is 0.958. The number of halogens is 1. The fraction of sp³-hybridized carbons (Fsp3) is 0.588. The Morgan fingerprint density at radius 1 is 1.27 bits per heavy atom. The maximum atomic E-state index is 12.3.